The number of nitrogens with one attached hydrogen (secondary N) is 2. The van der Waals surface area contributed by atoms with Crippen LogP contribution in [0.25, 0.3) is 0 Å². The van der Waals surface area contributed by atoms with E-state index in [1.165, 1.54) is 0 Å². The number of carbonyl (C=O) groups excluding carboxylic acids is 1. The molecule has 0 aromatic heterocycles. The fourth-order valence-electron chi connectivity index (χ4n) is 2.21. The van der Waals surface area contributed by atoms with Gasteiger partial charge in [0, 0.05) is 23.7 Å². The molecule has 5 nitrogen and oxygen atoms in total. The molecule has 0 aliphatic carbocycles. The van der Waals surface area contributed by atoms with Crippen LogP contribution in [0.2, 0.25) is 5.02 Å². The van der Waals surface area contributed by atoms with Crippen LogP contribution in [0.5, 0.6) is 11.5 Å². The highest BCUT2D eigenvalue weighted by molar-refractivity contribution is 6.30. The van der Waals surface area contributed by atoms with Gasteiger partial charge in [0.25, 0.3) is 5.91 Å². The Morgan fingerprint density at radius 3 is 2.52 bits per heavy atom. The van der Waals surface area contributed by atoms with Gasteiger partial charge in [-0.25, -0.2) is 0 Å². The number of benzene rings is 2. The van der Waals surface area contributed by atoms with Crippen LogP contribution in [0.4, 0.5) is 0 Å². The number of ether oxygens (including phenoxy) is 2. The Morgan fingerprint density at radius 1 is 1.08 bits per heavy atom. The number of amides is 1. The third-order valence-corrected chi connectivity index (χ3v) is 3.82. The first kappa shape index (κ1) is 19.1. The van der Waals surface area contributed by atoms with Crippen LogP contribution in [-0.2, 0) is 6.61 Å². The highest BCUT2D eigenvalue weighted by Gasteiger charge is 2.11. The third kappa shape index (κ3) is 5.96. The molecule has 0 spiro atoms. The summed E-state index contributed by atoms with van der Waals surface area (Å²) in [6.45, 7) is 4.60. The van der Waals surface area contributed by atoms with Crippen molar-refractivity contribution in [2.45, 2.75) is 13.5 Å². The topological polar surface area (TPSA) is 59.6 Å². The molecule has 2 aromatic carbocycles. The summed E-state index contributed by atoms with van der Waals surface area (Å²) in [5.74, 6) is 0.968. The van der Waals surface area contributed by atoms with E-state index in [-0.39, 0.29) is 5.91 Å². The molecule has 2 N–H and O–H groups in total. The zero-order chi connectivity index (χ0) is 18.1. The van der Waals surface area contributed by atoms with Crippen molar-refractivity contribution in [3.8, 4) is 11.5 Å². The Hall–Kier alpha value is -2.24. The van der Waals surface area contributed by atoms with Crippen LogP contribution in [-0.4, -0.2) is 32.7 Å². The molecule has 0 unspecified atom stereocenters. The fraction of sp³-hybridized carbons (Fsp3) is 0.316. The molecule has 134 valence electrons. The van der Waals surface area contributed by atoms with Gasteiger partial charge in [-0.05, 0) is 42.4 Å². The number of hydrogen-bond donors (Lipinski definition) is 2. The Labute approximate surface area is 153 Å². The first-order valence-corrected chi connectivity index (χ1v) is 8.56. The molecule has 0 radical (unpaired) electrons. The van der Waals surface area contributed by atoms with Crippen molar-refractivity contribution in [2.75, 3.05) is 26.7 Å². The summed E-state index contributed by atoms with van der Waals surface area (Å²) in [5.41, 5.74) is 1.53. The normalized spacial score (nSPS) is 10.4. The molecule has 6 heteroatoms. The largest absolute Gasteiger partial charge is 0.493 e. The molecule has 2 rings (SSSR count). The van der Waals surface area contributed by atoms with Crippen LogP contribution >= 0.6 is 11.6 Å². The molecule has 0 saturated heterocycles. The van der Waals surface area contributed by atoms with Crippen LogP contribution < -0.4 is 20.1 Å². The van der Waals surface area contributed by atoms with Crippen molar-refractivity contribution in [1.82, 2.24) is 10.6 Å². The quantitative estimate of drug-likeness (QED) is 0.672. The first-order valence-electron chi connectivity index (χ1n) is 8.18. The van der Waals surface area contributed by atoms with Gasteiger partial charge in [0.05, 0.1) is 7.11 Å². The maximum atomic E-state index is 12.2. The summed E-state index contributed by atoms with van der Waals surface area (Å²) in [5, 5.41) is 6.70. The summed E-state index contributed by atoms with van der Waals surface area (Å²) in [6.07, 6.45) is 0. The van der Waals surface area contributed by atoms with E-state index in [1.54, 1.807) is 25.3 Å². The van der Waals surface area contributed by atoms with Crippen LogP contribution in [0, 0.1) is 0 Å². The van der Waals surface area contributed by atoms with E-state index in [2.05, 4.69) is 10.6 Å². The third-order valence-electron chi connectivity index (χ3n) is 3.57. The standard InChI is InChI=1S/C19H23ClN2O3/c1-3-21-10-11-22-19(23)15-6-9-17(18(12-15)24-2)25-13-14-4-7-16(20)8-5-14/h4-9,12,21H,3,10-11,13H2,1-2H3,(H,22,23). The number of carbonyl (C=O) groups is 1. The summed E-state index contributed by atoms with van der Waals surface area (Å²) in [6, 6.07) is 12.6. The van der Waals surface area contributed by atoms with E-state index in [1.807, 2.05) is 31.2 Å². The molecule has 25 heavy (non-hydrogen) atoms. The SMILES string of the molecule is CCNCCNC(=O)c1ccc(OCc2ccc(Cl)cc2)c(OC)c1. The van der Waals surface area contributed by atoms with E-state index >= 15 is 0 Å². The predicted molar refractivity (Wildman–Crippen MR) is 99.7 cm³/mol. The van der Waals surface area contributed by atoms with E-state index in [0.29, 0.717) is 35.2 Å². The minimum Gasteiger partial charge on any atom is -0.493 e. The van der Waals surface area contributed by atoms with Gasteiger partial charge < -0.3 is 20.1 Å². The second-order valence-electron chi connectivity index (χ2n) is 5.39. The first-order chi connectivity index (χ1) is 12.1. The molecule has 0 atom stereocenters. The predicted octanol–water partition coefficient (Wildman–Crippen LogP) is 3.27. The van der Waals surface area contributed by atoms with Crippen molar-refractivity contribution in [3.63, 3.8) is 0 Å². The Balaban J connectivity index is 1.98. The molecule has 1 amide bonds. The number of hydrogen-bond acceptors (Lipinski definition) is 4. The Bertz CT molecular complexity index is 690. The molecule has 0 aliphatic heterocycles. The van der Waals surface area contributed by atoms with Gasteiger partial charge in [-0.1, -0.05) is 30.7 Å². The molecule has 0 fully saturated rings. The molecule has 0 saturated carbocycles. The van der Waals surface area contributed by atoms with Crippen molar-refractivity contribution >= 4 is 17.5 Å². The number of rotatable bonds is 9. The van der Waals surface area contributed by atoms with Crippen molar-refractivity contribution < 1.29 is 14.3 Å². The van der Waals surface area contributed by atoms with Crippen molar-refractivity contribution in [1.29, 1.82) is 0 Å². The second kappa shape index (κ2) is 9.91. The molecule has 0 aliphatic rings. The van der Waals surface area contributed by atoms with Crippen LogP contribution in [0.15, 0.2) is 42.5 Å². The zero-order valence-electron chi connectivity index (χ0n) is 14.5. The Kier molecular flexibility index (Phi) is 7.57. The van der Waals surface area contributed by atoms with Gasteiger partial charge in [0.15, 0.2) is 11.5 Å². The zero-order valence-corrected chi connectivity index (χ0v) is 15.2. The minimum absolute atomic E-state index is 0.138. The summed E-state index contributed by atoms with van der Waals surface area (Å²) >= 11 is 5.87. The average molecular weight is 363 g/mol. The van der Waals surface area contributed by atoms with Crippen molar-refractivity contribution in [2.24, 2.45) is 0 Å². The average Bonchev–Trinajstić information content (AvgIpc) is 2.64. The van der Waals surface area contributed by atoms with Gasteiger partial charge >= 0.3 is 0 Å². The molecule has 0 heterocycles. The van der Waals surface area contributed by atoms with E-state index in [9.17, 15) is 4.79 Å². The van der Waals surface area contributed by atoms with Gasteiger partial charge in [-0.15, -0.1) is 0 Å². The summed E-state index contributed by atoms with van der Waals surface area (Å²) in [7, 11) is 1.55. The van der Waals surface area contributed by atoms with Crippen molar-refractivity contribution in [3.05, 3.63) is 58.6 Å². The molecule has 2 aromatic rings. The second-order valence-corrected chi connectivity index (χ2v) is 5.83. The minimum atomic E-state index is -0.138. The number of halogens is 1. The lowest BCUT2D eigenvalue weighted by molar-refractivity contribution is 0.0953. The maximum Gasteiger partial charge on any atom is 0.251 e. The van der Waals surface area contributed by atoms with Crippen LogP contribution in [0.3, 0.4) is 0 Å². The maximum absolute atomic E-state index is 12.2. The van der Waals surface area contributed by atoms with E-state index < -0.39 is 0 Å². The molecule has 0 bridgehead atoms. The molecular formula is C19H23ClN2O3. The van der Waals surface area contributed by atoms with Gasteiger partial charge in [0.1, 0.15) is 6.61 Å². The smallest absolute Gasteiger partial charge is 0.251 e. The summed E-state index contributed by atoms with van der Waals surface area (Å²) < 4.78 is 11.1. The lowest BCUT2D eigenvalue weighted by Gasteiger charge is -2.12. The van der Waals surface area contributed by atoms with Gasteiger partial charge in [0.2, 0.25) is 0 Å². The summed E-state index contributed by atoms with van der Waals surface area (Å²) in [4.78, 5) is 12.2. The van der Waals surface area contributed by atoms with E-state index in [0.717, 1.165) is 18.7 Å². The highest BCUT2D eigenvalue weighted by atomic mass is 35.5. The number of likely N-dealkylation sites (N-methyl/N-ethyl adjacent to an activating group) is 1. The lowest BCUT2D eigenvalue weighted by atomic mass is 10.2. The number of methoxy groups -OCH3 is 1. The fourth-order valence-corrected chi connectivity index (χ4v) is 2.34. The lowest BCUT2D eigenvalue weighted by Crippen LogP contribution is -2.31. The Morgan fingerprint density at radius 2 is 1.84 bits per heavy atom. The molecular weight excluding hydrogens is 340 g/mol. The van der Waals surface area contributed by atoms with Gasteiger partial charge in [-0.2, -0.15) is 0 Å². The van der Waals surface area contributed by atoms with E-state index in [4.69, 9.17) is 21.1 Å². The highest BCUT2D eigenvalue weighted by Crippen LogP contribution is 2.29. The monoisotopic (exact) mass is 362 g/mol. The van der Waals surface area contributed by atoms with Gasteiger partial charge in [-0.3, -0.25) is 4.79 Å². The van der Waals surface area contributed by atoms with Crippen LogP contribution in [0.1, 0.15) is 22.8 Å².